The smallest absolute Gasteiger partial charge is 0.332 e. The van der Waals surface area contributed by atoms with E-state index in [0.29, 0.717) is 6.42 Å². The van der Waals surface area contributed by atoms with Gasteiger partial charge in [0.05, 0.1) is 11.0 Å². The van der Waals surface area contributed by atoms with Gasteiger partial charge in [0, 0.05) is 7.05 Å². The van der Waals surface area contributed by atoms with Crippen molar-refractivity contribution in [2.24, 2.45) is 7.05 Å². The van der Waals surface area contributed by atoms with Crippen molar-refractivity contribution in [2.45, 2.75) is 25.9 Å². The maximum Gasteiger partial charge on any atom is 0.332 e. The molecule has 0 bridgehead atoms. The number of hydrogen-bond acceptors (Lipinski definition) is 3. The van der Waals surface area contributed by atoms with Gasteiger partial charge in [-0.05, 0) is 37.5 Å². The molecule has 1 atom stereocenters. The van der Waals surface area contributed by atoms with Crippen molar-refractivity contribution in [1.82, 2.24) is 9.55 Å². The van der Waals surface area contributed by atoms with Crippen LogP contribution < -0.4 is 0 Å². The fourth-order valence-corrected chi connectivity index (χ4v) is 1.95. The maximum absolute atomic E-state index is 10.5. The lowest BCUT2D eigenvalue weighted by atomic mass is 10.1. The molecule has 5 heteroatoms. The van der Waals surface area contributed by atoms with Gasteiger partial charge in [0.1, 0.15) is 5.82 Å². The van der Waals surface area contributed by atoms with Crippen LogP contribution in [0.3, 0.4) is 0 Å². The summed E-state index contributed by atoms with van der Waals surface area (Å²) in [4.78, 5) is 14.9. The van der Waals surface area contributed by atoms with Crippen LogP contribution in [-0.2, 0) is 18.3 Å². The topological polar surface area (TPSA) is 75.3 Å². The van der Waals surface area contributed by atoms with E-state index < -0.39 is 12.1 Å². The number of carboxylic acid groups (broad SMARTS) is 1. The van der Waals surface area contributed by atoms with E-state index in [4.69, 9.17) is 5.11 Å². The van der Waals surface area contributed by atoms with E-state index in [2.05, 4.69) is 4.98 Å². The number of aryl methyl sites for hydroxylation is 3. The zero-order chi connectivity index (χ0) is 13.3. The van der Waals surface area contributed by atoms with Crippen molar-refractivity contribution in [3.05, 3.63) is 29.6 Å². The SMILES string of the molecule is Cc1nc2cc(CCC(O)C(=O)O)ccc2n1C. The first-order valence-electron chi connectivity index (χ1n) is 5.82. The molecule has 0 saturated heterocycles. The summed E-state index contributed by atoms with van der Waals surface area (Å²) in [6.07, 6.45) is -0.558. The zero-order valence-electron chi connectivity index (χ0n) is 10.4. The van der Waals surface area contributed by atoms with Gasteiger partial charge in [-0.1, -0.05) is 6.07 Å². The van der Waals surface area contributed by atoms with Crippen LogP contribution in [0.15, 0.2) is 18.2 Å². The fourth-order valence-electron chi connectivity index (χ4n) is 1.95. The predicted octanol–water partition coefficient (Wildman–Crippen LogP) is 1.26. The number of benzene rings is 1. The normalized spacial score (nSPS) is 12.8. The van der Waals surface area contributed by atoms with Crippen LogP contribution >= 0.6 is 0 Å². The minimum absolute atomic E-state index is 0.215. The molecule has 0 aliphatic rings. The van der Waals surface area contributed by atoms with Gasteiger partial charge >= 0.3 is 5.97 Å². The van der Waals surface area contributed by atoms with Gasteiger partial charge in [0.15, 0.2) is 6.10 Å². The van der Waals surface area contributed by atoms with Gasteiger partial charge in [-0.15, -0.1) is 0 Å². The summed E-state index contributed by atoms with van der Waals surface area (Å²) in [5.41, 5.74) is 2.94. The van der Waals surface area contributed by atoms with Gasteiger partial charge in [0.25, 0.3) is 0 Å². The molecule has 0 aliphatic heterocycles. The van der Waals surface area contributed by atoms with E-state index in [0.717, 1.165) is 22.4 Å². The summed E-state index contributed by atoms with van der Waals surface area (Å²) in [5, 5.41) is 17.8. The van der Waals surface area contributed by atoms with E-state index in [9.17, 15) is 9.90 Å². The van der Waals surface area contributed by atoms with E-state index in [1.165, 1.54) is 0 Å². The molecule has 0 fully saturated rings. The molecule has 2 rings (SSSR count). The van der Waals surface area contributed by atoms with E-state index in [-0.39, 0.29) is 6.42 Å². The van der Waals surface area contributed by atoms with Crippen molar-refractivity contribution in [3.63, 3.8) is 0 Å². The standard InChI is InChI=1S/C13H16N2O3/c1-8-14-10-7-9(3-5-11(10)15(8)2)4-6-12(16)13(17)18/h3,5,7,12,16H,4,6H2,1-2H3,(H,17,18). The Morgan fingerprint density at radius 3 is 2.89 bits per heavy atom. The monoisotopic (exact) mass is 248 g/mol. The first-order valence-corrected chi connectivity index (χ1v) is 5.82. The number of carboxylic acids is 1. The number of carbonyl (C=O) groups is 1. The Bertz CT molecular complexity index is 589. The number of aliphatic hydroxyl groups excluding tert-OH is 1. The summed E-state index contributed by atoms with van der Waals surface area (Å²) < 4.78 is 2.01. The van der Waals surface area contributed by atoms with E-state index in [1.807, 2.05) is 36.7 Å². The number of imidazole rings is 1. The Morgan fingerprint density at radius 2 is 2.22 bits per heavy atom. The molecule has 0 spiro atoms. The third-order valence-corrected chi connectivity index (χ3v) is 3.16. The van der Waals surface area contributed by atoms with E-state index in [1.54, 1.807) is 0 Å². The third kappa shape index (κ3) is 2.36. The molecule has 0 radical (unpaired) electrons. The first-order chi connectivity index (χ1) is 8.49. The lowest BCUT2D eigenvalue weighted by Gasteiger charge is -2.05. The Kier molecular flexibility index (Phi) is 3.34. The average Bonchev–Trinajstić information content (AvgIpc) is 2.61. The van der Waals surface area contributed by atoms with Crippen LogP contribution in [0, 0.1) is 6.92 Å². The summed E-state index contributed by atoms with van der Waals surface area (Å²) in [6.45, 7) is 1.94. The van der Waals surface area contributed by atoms with Crippen molar-refractivity contribution in [2.75, 3.05) is 0 Å². The number of hydrogen-bond donors (Lipinski definition) is 2. The average molecular weight is 248 g/mol. The molecule has 0 aliphatic carbocycles. The van der Waals surface area contributed by atoms with Crippen LogP contribution in [0.25, 0.3) is 11.0 Å². The van der Waals surface area contributed by atoms with Crippen molar-refractivity contribution < 1.29 is 15.0 Å². The molecule has 1 unspecified atom stereocenters. The van der Waals surface area contributed by atoms with E-state index >= 15 is 0 Å². The minimum atomic E-state index is -1.30. The van der Waals surface area contributed by atoms with Crippen LogP contribution in [0.1, 0.15) is 17.8 Å². The van der Waals surface area contributed by atoms with Crippen LogP contribution in [0.5, 0.6) is 0 Å². The number of aromatic nitrogens is 2. The molecular weight excluding hydrogens is 232 g/mol. The highest BCUT2D eigenvalue weighted by Crippen LogP contribution is 2.17. The molecule has 5 nitrogen and oxygen atoms in total. The Morgan fingerprint density at radius 1 is 1.50 bits per heavy atom. The highest BCUT2D eigenvalue weighted by molar-refractivity contribution is 5.77. The molecule has 96 valence electrons. The number of nitrogens with zero attached hydrogens (tertiary/aromatic N) is 2. The van der Waals surface area contributed by atoms with Gasteiger partial charge in [-0.3, -0.25) is 0 Å². The molecular formula is C13H16N2O3. The van der Waals surface area contributed by atoms with Gasteiger partial charge in [0.2, 0.25) is 0 Å². The molecule has 1 aromatic heterocycles. The Labute approximate surface area is 105 Å². The number of aliphatic carboxylic acids is 1. The first kappa shape index (κ1) is 12.6. The van der Waals surface area contributed by atoms with Crippen LogP contribution in [0.4, 0.5) is 0 Å². The third-order valence-electron chi connectivity index (χ3n) is 3.16. The molecule has 1 heterocycles. The van der Waals surface area contributed by atoms with Crippen molar-refractivity contribution >= 4 is 17.0 Å². The Balaban J connectivity index is 2.18. The lowest BCUT2D eigenvalue weighted by molar-refractivity contribution is -0.146. The number of fused-ring (bicyclic) bond motifs is 1. The lowest BCUT2D eigenvalue weighted by Crippen LogP contribution is -2.19. The van der Waals surface area contributed by atoms with Crippen molar-refractivity contribution in [3.8, 4) is 0 Å². The summed E-state index contributed by atoms with van der Waals surface area (Å²) in [5.74, 6) is -0.238. The summed E-state index contributed by atoms with van der Waals surface area (Å²) >= 11 is 0. The van der Waals surface area contributed by atoms with Crippen molar-refractivity contribution in [1.29, 1.82) is 0 Å². The summed E-state index contributed by atoms with van der Waals surface area (Å²) in [7, 11) is 1.96. The van der Waals surface area contributed by atoms with Gasteiger partial charge < -0.3 is 14.8 Å². The molecule has 18 heavy (non-hydrogen) atoms. The number of rotatable bonds is 4. The molecule has 2 aromatic rings. The van der Waals surface area contributed by atoms with Gasteiger partial charge in [-0.2, -0.15) is 0 Å². The quantitative estimate of drug-likeness (QED) is 0.854. The Hall–Kier alpha value is -1.88. The molecule has 0 saturated carbocycles. The largest absolute Gasteiger partial charge is 0.479 e. The highest BCUT2D eigenvalue weighted by atomic mass is 16.4. The second kappa shape index (κ2) is 4.78. The molecule has 0 amide bonds. The second-order valence-electron chi connectivity index (χ2n) is 4.43. The molecule has 1 aromatic carbocycles. The minimum Gasteiger partial charge on any atom is -0.479 e. The fraction of sp³-hybridized carbons (Fsp3) is 0.385. The van der Waals surface area contributed by atoms with Gasteiger partial charge in [-0.25, -0.2) is 9.78 Å². The summed E-state index contributed by atoms with van der Waals surface area (Å²) in [6, 6.07) is 5.85. The number of aliphatic hydroxyl groups is 1. The molecule has 2 N–H and O–H groups in total. The second-order valence-corrected chi connectivity index (χ2v) is 4.43. The predicted molar refractivity (Wildman–Crippen MR) is 67.4 cm³/mol. The zero-order valence-corrected chi connectivity index (χ0v) is 10.4. The highest BCUT2D eigenvalue weighted by Gasteiger charge is 2.13. The maximum atomic E-state index is 10.5. The van der Waals surface area contributed by atoms with Crippen LogP contribution in [-0.4, -0.2) is 31.8 Å². The van der Waals surface area contributed by atoms with Crippen LogP contribution in [0.2, 0.25) is 0 Å².